The maximum absolute atomic E-state index is 13.4. The first-order chi connectivity index (χ1) is 63.1. The number of fused-ring (bicyclic) bond motifs is 5. The average molecular weight is 1790 g/mol. The number of nitrogens with zero attached hydrogens (tertiary/aromatic N) is 10. The molecular formula is C110H133N15O8. The predicted octanol–water partition coefficient (Wildman–Crippen LogP) is 21.5. The van der Waals surface area contributed by atoms with Crippen LogP contribution >= 0.6 is 0 Å². The zero-order valence-electron chi connectivity index (χ0n) is 81.1. The minimum atomic E-state index is -0.376. The smallest absolute Gasteiger partial charge is 0.313 e. The lowest BCUT2D eigenvalue weighted by atomic mass is 9.86. The number of nitrogens with one attached hydrogen (secondary N) is 5. The summed E-state index contributed by atoms with van der Waals surface area (Å²) in [6, 6.07) is 61.5. The largest absolute Gasteiger partial charge is 0.469 e. The van der Waals surface area contributed by atoms with E-state index in [4.69, 9.17) is 9.47 Å². The first-order valence-electron chi connectivity index (χ1n) is 46.3. The summed E-state index contributed by atoms with van der Waals surface area (Å²) in [5.74, 6) is 4.15. The van der Waals surface area contributed by atoms with Crippen LogP contribution in [0.15, 0.2) is 213 Å². The van der Waals surface area contributed by atoms with Gasteiger partial charge in [0.2, 0.25) is 0 Å². The Balaban J connectivity index is 0.000000144. The molecule has 0 amide bonds. The van der Waals surface area contributed by atoms with Crippen LogP contribution in [-0.4, -0.2) is 159 Å². The van der Waals surface area contributed by atoms with Crippen LogP contribution in [0.3, 0.4) is 0 Å². The molecule has 23 heteroatoms. The van der Waals surface area contributed by atoms with Gasteiger partial charge in [-0.25, -0.2) is 24.9 Å². The molecule has 8 N–H and O–H groups in total. The zero-order chi connectivity index (χ0) is 95.4. The van der Waals surface area contributed by atoms with Crippen LogP contribution < -0.4 is 4.74 Å². The lowest BCUT2D eigenvalue weighted by Gasteiger charge is -2.34. The predicted molar refractivity (Wildman–Crippen MR) is 534 cm³/mol. The third-order valence-corrected chi connectivity index (χ3v) is 24.6. The molecule has 7 aromatic heterocycles. The summed E-state index contributed by atoms with van der Waals surface area (Å²) in [5.41, 5.74) is 25.0. The van der Waals surface area contributed by atoms with E-state index < -0.39 is 0 Å². The van der Waals surface area contributed by atoms with Crippen molar-refractivity contribution in [2.45, 2.75) is 217 Å². The van der Waals surface area contributed by atoms with Crippen molar-refractivity contribution in [3.05, 3.63) is 309 Å². The highest BCUT2D eigenvalue weighted by Crippen LogP contribution is 2.35. The molecule has 0 bridgehead atoms. The van der Waals surface area contributed by atoms with E-state index in [1.54, 1.807) is 30.9 Å². The quantitative estimate of drug-likeness (QED) is 0.0292. The normalized spacial score (nSPS) is 15.5. The first kappa shape index (κ1) is 97.8. The Morgan fingerprint density at radius 2 is 0.955 bits per heavy atom. The van der Waals surface area contributed by atoms with Crippen LogP contribution in [0.5, 0.6) is 11.5 Å². The molecule has 2 aliphatic rings. The maximum atomic E-state index is 13.4. The van der Waals surface area contributed by atoms with Gasteiger partial charge in [-0.15, -0.1) is 0 Å². The molecule has 2 saturated heterocycles. The molecule has 23 nitrogen and oxygen atoms in total. The third-order valence-electron chi connectivity index (χ3n) is 24.6. The van der Waals surface area contributed by atoms with Crippen molar-refractivity contribution >= 4 is 72.4 Å². The lowest BCUT2D eigenvalue weighted by molar-refractivity contribution is -0.139. The van der Waals surface area contributed by atoms with E-state index in [-0.39, 0.29) is 89.1 Å². The second-order valence-electron chi connectivity index (χ2n) is 40.1. The third kappa shape index (κ3) is 26.4. The van der Waals surface area contributed by atoms with Gasteiger partial charge in [-0.2, -0.15) is 5.10 Å². The van der Waals surface area contributed by atoms with Crippen molar-refractivity contribution in [2.24, 2.45) is 11.8 Å². The number of methoxy groups -OCH3 is 1. The van der Waals surface area contributed by atoms with E-state index in [1.807, 2.05) is 110 Å². The monoisotopic (exact) mass is 1790 g/mol. The number of rotatable bonds is 18. The number of aryl methyl sites for hydroxylation is 5. The summed E-state index contributed by atoms with van der Waals surface area (Å²) in [6.45, 7) is 45.8. The Hall–Kier alpha value is -12.8. The molecule has 9 aromatic carbocycles. The Kier molecular flexibility index (Phi) is 31.2. The van der Waals surface area contributed by atoms with Gasteiger partial charge >= 0.3 is 5.97 Å². The highest BCUT2D eigenvalue weighted by molar-refractivity contribution is 6.01. The van der Waals surface area contributed by atoms with Gasteiger partial charge in [0.05, 0.1) is 88.6 Å². The number of imidazole rings is 5. The number of aliphatic hydroxyl groups is 3. The molecule has 18 rings (SSSR count). The minimum absolute atomic E-state index is 0.00403. The molecule has 0 saturated carbocycles. The molecule has 0 aliphatic carbocycles. The SMILES string of the molecule is CC(C)(C)c1ccc2cc[nH]c2c1.COC(=O)Cc1nc2ccc(C(=O)Cc3cc(CN4CCC(O)C(C)C4)cc(-n4cnc(C)c4)c3)cc2[nH]1.Cc1[nH]nc2cc(C(C)(C)C)ccc12.Cc1ccc(C(C)(C)C)cc1Oc1ccccc1.Cc1cn(-c2cc(CC(=O)c3ccc4nc(CCO)[nH]c4c3)cc(CN3CCC(O)C(C)C3)c2)cn1.Cc1nc2ccc(C(C)(C)C)cc2[nH]1. The van der Waals surface area contributed by atoms with Crippen LogP contribution in [-0.2, 0) is 70.0 Å². The molecule has 9 heterocycles. The van der Waals surface area contributed by atoms with Crippen molar-refractivity contribution in [1.29, 1.82) is 0 Å². The van der Waals surface area contributed by atoms with E-state index in [2.05, 4.69) is 278 Å². The number of benzene rings is 9. The Labute approximate surface area is 781 Å². The number of aromatic nitrogens is 13. The van der Waals surface area contributed by atoms with Crippen LogP contribution in [0, 0.1) is 46.5 Å². The Morgan fingerprint density at radius 1 is 0.481 bits per heavy atom. The van der Waals surface area contributed by atoms with E-state index in [0.29, 0.717) is 40.2 Å². The molecule has 4 unspecified atom stereocenters. The topological polar surface area (TPSA) is 303 Å². The fourth-order valence-corrected chi connectivity index (χ4v) is 16.6. The number of hydrogen-bond donors (Lipinski definition) is 8. The van der Waals surface area contributed by atoms with E-state index in [1.165, 1.54) is 45.7 Å². The van der Waals surface area contributed by atoms with Crippen LogP contribution in [0.4, 0.5) is 0 Å². The van der Waals surface area contributed by atoms with Crippen molar-refractivity contribution in [1.82, 2.24) is 74.0 Å². The summed E-state index contributed by atoms with van der Waals surface area (Å²) in [4.78, 5) is 77.8. The minimum Gasteiger partial charge on any atom is -0.469 e. The van der Waals surface area contributed by atoms with Gasteiger partial charge in [-0.1, -0.05) is 170 Å². The second kappa shape index (κ2) is 42.4. The summed E-state index contributed by atoms with van der Waals surface area (Å²) in [5, 5.41) is 39.2. The summed E-state index contributed by atoms with van der Waals surface area (Å²) >= 11 is 0. The van der Waals surface area contributed by atoms with Crippen molar-refractivity contribution in [3.8, 4) is 22.9 Å². The maximum Gasteiger partial charge on any atom is 0.313 e. The number of Topliss-reactive ketones (excluding diaryl/α,β-unsaturated/α-hetero) is 2. The van der Waals surface area contributed by atoms with Gasteiger partial charge < -0.3 is 53.9 Å². The number of aliphatic hydroxyl groups excluding tert-OH is 3. The number of esters is 1. The number of ketones is 2. The van der Waals surface area contributed by atoms with Crippen molar-refractivity contribution in [3.63, 3.8) is 0 Å². The summed E-state index contributed by atoms with van der Waals surface area (Å²) < 4.78 is 14.6. The number of aromatic amines is 5. The van der Waals surface area contributed by atoms with Gasteiger partial charge in [0.25, 0.3) is 0 Å². The lowest BCUT2D eigenvalue weighted by Crippen LogP contribution is -2.41. The Morgan fingerprint density at radius 3 is 1.47 bits per heavy atom. The fourth-order valence-electron chi connectivity index (χ4n) is 16.6. The number of carbonyl (C=O) groups excluding carboxylic acids is 3. The molecule has 2 aliphatic heterocycles. The number of hydrogen-bond acceptors (Lipinski definition) is 16. The number of ether oxygens (including phenoxy) is 2. The fraction of sp³-hybridized carbons (Fsp3) is 0.373. The average Bonchev–Trinajstić information content (AvgIpc) is 1.88. The van der Waals surface area contributed by atoms with Crippen molar-refractivity contribution < 1.29 is 39.2 Å². The van der Waals surface area contributed by atoms with Gasteiger partial charge in [0.15, 0.2) is 11.6 Å². The summed E-state index contributed by atoms with van der Waals surface area (Å²) in [6.07, 6.45) is 11.6. The van der Waals surface area contributed by atoms with E-state index in [9.17, 15) is 29.7 Å². The number of likely N-dealkylation sites (tertiary alicyclic amines) is 2. The first-order valence-corrected chi connectivity index (χ1v) is 46.3. The number of carbonyl (C=O) groups is 3. The molecule has 4 atom stereocenters. The van der Waals surface area contributed by atoms with Crippen LogP contribution in [0.2, 0.25) is 0 Å². The molecule has 0 radical (unpaired) electrons. The highest BCUT2D eigenvalue weighted by atomic mass is 16.5. The number of piperidine rings is 2. The van der Waals surface area contributed by atoms with E-state index >= 15 is 0 Å². The number of H-pyrrole nitrogens is 5. The molecule has 696 valence electrons. The van der Waals surface area contributed by atoms with Crippen LogP contribution in [0.25, 0.3) is 66.3 Å². The van der Waals surface area contributed by atoms with Gasteiger partial charge in [-0.05, 0) is 246 Å². The van der Waals surface area contributed by atoms with Gasteiger partial charge in [0, 0.05) is 116 Å². The van der Waals surface area contributed by atoms with Gasteiger partial charge in [0.1, 0.15) is 35.4 Å². The molecule has 2 fully saturated rings. The molecule has 16 aromatic rings. The Bertz CT molecular complexity index is 6650. The van der Waals surface area contributed by atoms with Crippen molar-refractivity contribution in [2.75, 3.05) is 39.9 Å². The molecular weight excluding hydrogens is 1660 g/mol. The zero-order valence-corrected chi connectivity index (χ0v) is 81.1. The van der Waals surface area contributed by atoms with E-state index in [0.717, 1.165) is 153 Å². The second-order valence-corrected chi connectivity index (χ2v) is 40.1. The standard InChI is InChI=1S/C29H33N5O4.C28H33N5O3.C17H20O.2C12H16N2.C12H15N/c1-18-14-33(7-6-26(18)35)16-21-8-20(9-23(10-21)34-15-19(2)30-17-34)11-27(36)22-4-5-24-25(12-22)32-28(31-24)13-29(37)38-3;1-18-14-32(7-5-26(18)35)16-21-9-20(10-23(11-21)33-15-19(2)29-17-33)12-27(36)22-3-4-24-25(13-22)31-28(30-24)6-8-34;1-13-10-11-14(17(2,3)4)12-16(13)18-15-8-6-5-7-9-15;1-8-13-10-6-5-9(12(2,3)4)7-11(10)14-8;1-8-10-6-5-9(12(2,3)4)7-11(10)14-13-8;1-12(2,3)10-5-4-9-6-7-13-11(9)8-10/h4-5,8-10,12,15,17-18,26,35H,6-7,11,13-14,16H2,1-3H3,(H,31,32);3-4,9-11,13,15,17-18,26,34-35H,5-8,12,14,16H2,1-2H3,(H,30,31);5-12H,1-4H3;2*5-7H,1-4H3,(H,13,14);4-8,13H,1-3H3. The van der Waals surface area contributed by atoms with Gasteiger partial charge in [-0.3, -0.25) is 29.3 Å². The molecule has 133 heavy (non-hydrogen) atoms. The van der Waals surface area contributed by atoms with Crippen LogP contribution in [0.1, 0.15) is 215 Å². The summed E-state index contributed by atoms with van der Waals surface area (Å²) in [7, 11) is 1.34. The number of para-hydroxylation sites is 1. The highest BCUT2D eigenvalue weighted by Gasteiger charge is 2.28. The molecule has 0 spiro atoms.